The third kappa shape index (κ3) is 3.78. The van der Waals surface area contributed by atoms with Gasteiger partial charge in [0.05, 0.1) is 36.9 Å². The van der Waals surface area contributed by atoms with Gasteiger partial charge in [-0.2, -0.15) is 0 Å². The van der Waals surface area contributed by atoms with E-state index in [0.717, 1.165) is 19.5 Å². The lowest BCUT2D eigenvalue weighted by molar-refractivity contribution is -0.121. The van der Waals surface area contributed by atoms with E-state index in [-0.39, 0.29) is 17.6 Å². The summed E-state index contributed by atoms with van der Waals surface area (Å²) in [4.78, 5) is 30.4. The molecule has 1 saturated heterocycles. The Morgan fingerprint density at radius 1 is 1.33 bits per heavy atom. The average Bonchev–Trinajstić information content (AvgIpc) is 3.05. The Labute approximate surface area is 159 Å². The molecule has 1 aromatic carbocycles. The molecule has 0 aliphatic carbocycles. The molecule has 1 aliphatic heterocycles. The third-order valence-electron chi connectivity index (χ3n) is 5.26. The van der Waals surface area contributed by atoms with Crippen LogP contribution in [0.15, 0.2) is 18.2 Å². The van der Waals surface area contributed by atoms with Gasteiger partial charge in [-0.15, -0.1) is 0 Å². The number of anilines is 1. The average molecular weight is 373 g/mol. The molecular formula is C20H27N3O4. The Hall–Kier alpha value is -2.54. The Bertz CT molecular complexity index is 845. The normalized spacial score (nSPS) is 18.9. The second-order valence-electron chi connectivity index (χ2n) is 7.16. The summed E-state index contributed by atoms with van der Waals surface area (Å²) in [5.41, 5.74) is 1.31. The van der Waals surface area contributed by atoms with Crippen molar-refractivity contribution in [2.45, 2.75) is 32.7 Å². The molecule has 2 heterocycles. The minimum atomic E-state index is -0.539. The fraction of sp³-hybridized carbons (Fsp3) is 0.500. The maximum atomic E-state index is 13.0. The summed E-state index contributed by atoms with van der Waals surface area (Å²) >= 11 is 0. The van der Waals surface area contributed by atoms with Crippen LogP contribution in [0, 0.1) is 5.92 Å². The van der Waals surface area contributed by atoms with Crippen LogP contribution in [0.3, 0.4) is 0 Å². The van der Waals surface area contributed by atoms with E-state index in [1.165, 1.54) is 13.5 Å². The minimum Gasteiger partial charge on any atom is -0.496 e. The van der Waals surface area contributed by atoms with Crippen molar-refractivity contribution < 1.29 is 19.1 Å². The number of likely N-dealkylation sites (tertiary alicyclic amines) is 1. The number of ether oxygens (including phenoxy) is 2. The highest BCUT2D eigenvalue weighted by molar-refractivity contribution is 6.13. The highest BCUT2D eigenvalue weighted by Gasteiger charge is 2.28. The fourth-order valence-corrected chi connectivity index (χ4v) is 3.74. The number of carbonyl (C=O) groups excluding carboxylic acids is 2. The zero-order valence-corrected chi connectivity index (χ0v) is 16.3. The van der Waals surface area contributed by atoms with Gasteiger partial charge in [0.2, 0.25) is 5.91 Å². The maximum absolute atomic E-state index is 13.0. The van der Waals surface area contributed by atoms with E-state index in [1.807, 2.05) is 19.1 Å². The van der Waals surface area contributed by atoms with Gasteiger partial charge in [0.25, 0.3) is 0 Å². The summed E-state index contributed by atoms with van der Waals surface area (Å²) in [5.74, 6) is 0.463. The number of nitrogens with zero attached hydrogens (tertiary/aromatic N) is 1. The van der Waals surface area contributed by atoms with Crippen LogP contribution >= 0.6 is 0 Å². The first-order valence-corrected chi connectivity index (χ1v) is 9.28. The van der Waals surface area contributed by atoms with Crippen molar-refractivity contribution in [1.82, 2.24) is 9.88 Å². The molecule has 2 aromatic rings. The molecule has 2 N–H and O–H groups in total. The first-order chi connectivity index (χ1) is 13.0. The fourth-order valence-electron chi connectivity index (χ4n) is 3.74. The van der Waals surface area contributed by atoms with Crippen molar-refractivity contribution in [3.63, 3.8) is 0 Å². The highest BCUT2D eigenvalue weighted by atomic mass is 16.5. The number of rotatable bonds is 5. The molecule has 1 amide bonds. The van der Waals surface area contributed by atoms with Crippen LogP contribution in [-0.4, -0.2) is 55.1 Å². The summed E-state index contributed by atoms with van der Waals surface area (Å²) in [6.45, 7) is 5.91. The quantitative estimate of drug-likeness (QED) is 0.787. The molecule has 2 unspecified atom stereocenters. The van der Waals surface area contributed by atoms with Crippen LogP contribution < -0.4 is 10.1 Å². The Morgan fingerprint density at radius 3 is 2.78 bits per heavy atom. The van der Waals surface area contributed by atoms with E-state index in [0.29, 0.717) is 28.3 Å². The Balaban J connectivity index is 1.94. The monoisotopic (exact) mass is 373 g/mol. The minimum absolute atomic E-state index is 0.152. The number of hydrogen-bond donors (Lipinski definition) is 2. The molecule has 0 radical (unpaired) electrons. The molecule has 0 bridgehead atoms. The van der Waals surface area contributed by atoms with E-state index >= 15 is 0 Å². The summed E-state index contributed by atoms with van der Waals surface area (Å²) < 4.78 is 10.3. The van der Waals surface area contributed by atoms with Gasteiger partial charge in [0, 0.05) is 6.54 Å². The van der Waals surface area contributed by atoms with Gasteiger partial charge >= 0.3 is 5.97 Å². The van der Waals surface area contributed by atoms with E-state index in [1.54, 1.807) is 13.2 Å². The molecule has 7 heteroatoms. The maximum Gasteiger partial charge on any atom is 0.356 e. The van der Waals surface area contributed by atoms with Gasteiger partial charge in [0.15, 0.2) is 0 Å². The molecule has 2 atom stereocenters. The molecular weight excluding hydrogens is 346 g/mol. The summed E-state index contributed by atoms with van der Waals surface area (Å²) in [7, 11) is 2.87. The van der Waals surface area contributed by atoms with Crippen LogP contribution in [-0.2, 0) is 9.53 Å². The number of piperidine rings is 1. The van der Waals surface area contributed by atoms with Gasteiger partial charge in [-0.25, -0.2) is 4.79 Å². The van der Waals surface area contributed by atoms with Gasteiger partial charge in [-0.05, 0) is 44.4 Å². The standard InChI is InChI=1S/C20H27N3O4/c1-12-7-6-10-23(11-12)13(2)19(24)22-17-16-14(8-5-9-15(16)26-3)21-18(17)20(25)27-4/h5,8-9,12-13,21H,6-7,10-11H2,1-4H3,(H,22,24). The third-order valence-corrected chi connectivity index (χ3v) is 5.26. The number of amides is 1. The first kappa shape index (κ1) is 19.2. The van der Waals surface area contributed by atoms with Gasteiger partial charge in [-0.3, -0.25) is 9.69 Å². The van der Waals surface area contributed by atoms with E-state index in [4.69, 9.17) is 9.47 Å². The van der Waals surface area contributed by atoms with Crippen molar-refractivity contribution in [2.75, 3.05) is 32.6 Å². The lowest BCUT2D eigenvalue weighted by atomic mass is 9.99. The molecule has 7 nitrogen and oxygen atoms in total. The van der Waals surface area contributed by atoms with Crippen molar-refractivity contribution in [3.8, 4) is 5.75 Å². The predicted octanol–water partition coefficient (Wildman–Crippen LogP) is 3.02. The number of esters is 1. The molecule has 1 fully saturated rings. The SMILES string of the molecule is COC(=O)c1[nH]c2cccc(OC)c2c1NC(=O)C(C)N1CCCC(C)C1. The van der Waals surface area contributed by atoms with Gasteiger partial charge in [0.1, 0.15) is 11.4 Å². The van der Waals surface area contributed by atoms with E-state index < -0.39 is 5.97 Å². The van der Waals surface area contributed by atoms with E-state index in [9.17, 15) is 9.59 Å². The van der Waals surface area contributed by atoms with E-state index in [2.05, 4.69) is 22.1 Å². The van der Waals surface area contributed by atoms with Crippen LogP contribution in [0.2, 0.25) is 0 Å². The number of carbonyl (C=O) groups is 2. The zero-order valence-electron chi connectivity index (χ0n) is 16.3. The predicted molar refractivity (Wildman–Crippen MR) is 104 cm³/mol. The topological polar surface area (TPSA) is 83.7 Å². The number of fused-ring (bicyclic) bond motifs is 1. The molecule has 27 heavy (non-hydrogen) atoms. The second-order valence-corrected chi connectivity index (χ2v) is 7.16. The summed E-state index contributed by atoms with van der Waals surface area (Å²) in [5, 5.41) is 3.60. The molecule has 0 spiro atoms. The Morgan fingerprint density at radius 2 is 2.11 bits per heavy atom. The number of aromatic amines is 1. The van der Waals surface area contributed by atoms with Gasteiger partial charge in [-0.1, -0.05) is 13.0 Å². The van der Waals surface area contributed by atoms with Crippen molar-refractivity contribution >= 4 is 28.5 Å². The summed E-state index contributed by atoms with van der Waals surface area (Å²) in [6, 6.07) is 5.15. The zero-order chi connectivity index (χ0) is 19.6. The summed E-state index contributed by atoms with van der Waals surface area (Å²) in [6.07, 6.45) is 2.28. The number of nitrogens with one attached hydrogen (secondary N) is 2. The van der Waals surface area contributed by atoms with Crippen LogP contribution in [0.5, 0.6) is 5.75 Å². The molecule has 146 valence electrons. The number of H-pyrrole nitrogens is 1. The molecule has 1 aliphatic rings. The van der Waals surface area contributed by atoms with Gasteiger partial charge < -0.3 is 19.8 Å². The molecule has 1 aromatic heterocycles. The number of methoxy groups -OCH3 is 2. The van der Waals surface area contributed by atoms with Crippen LogP contribution in [0.25, 0.3) is 10.9 Å². The Kier molecular flexibility index (Phi) is 5.70. The van der Waals surface area contributed by atoms with Crippen LogP contribution in [0.1, 0.15) is 37.2 Å². The number of benzene rings is 1. The first-order valence-electron chi connectivity index (χ1n) is 9.28. The van der Waals surface area contributed by atoms with Crippen molar-refractivity contribution in [3.05, 3.63) is 23.9 Å². The lowest BCUT2D eigenvalue weighted by Gasteiger charge is -2.34. The smallest absolute Gasteiger partial charge is 0.356 e. The largest absolute Gasteiger partial charge is 0.496 e. The number of aromatic nitrogens is 1. The number of hydrogen-bond acceptors (Lipinski definition) is 5. The van der Waals surface area contributed by atoms with Crippen molar-refractivity contribution in [2.24, 2.45) is 5.92 Å². The van der Waals surface area contributed by atoms with Crippen LogP contribution in [0.4, 0.5) is 5.69 Å². The van der Waals surface area contributed by atoms with Crippen molar-refractivity contribution in [1.29, 1.82) is 0 Å². The molecule has 3 rings (SSSR count). The molecule has 0 saturated carbocycles. The lowest BCUT2D eigenvalue weighted by Crippen LogP contribution is -2.46. The highest BCUT2D eigenvalue weighted by Crippen LogP contribution is 2.36. The second kappa shape index (κ2) is 8.00.